The monoisotopic (exact) mass is 406 g/mol. The van der Waals surface area contributed by atoms with Crippen molar-refractivity contribution in [3.05, 3.63) is 12.2 Å². The van der Waals surface area contributed by atoms with E-state index in [9.17, 15) is 4.79 Å². The summed E-state index contributed by atoms with van der Waals surface area (Å²) in [7, 11) is 0. The molecule has 0 amide bonds. The fourth-order valence-corrected chi connectivity index (χ4v) is 3.66. The number of carbonyl (C=O) groups is 1. The zero-order chi connectivity index (χ0) is 20.8. The van der Waals surface area contributed by atoms with Gasteiger partial charge in [0.2, 0.25) is 0 Å². The molecule has 1 aliphatic rings. The predicted molar refractivity (Wildman–Crippen MR) is 124 cm³/mol. The van der Waals surface area contributed by atoms with Crippen LogP contribution in [0.4, 0.5) is 0 Å². The standard InChI is InChI=1S/C25H46N2O2/c1-2-3-4-5-6-7-8-9-10-11-12-13-14-15-16-17-18-19-20-21-25(28)29-27-23-22-26-24-27/h9-10,24H,2-8,11-23H2,1H3/b10-9-. The molecule has 29 heavy (non-hydrogen) atoms. The van der Waals surface area contributed by atoms with Gasteiger partial charge in [-0.25, -0.2) is 4.79 Å². The summed E-state index contributed by atoms with van der Waals surface area (Å²) in [5, 5.41) is 1.54. The van der Waals surface area contributed by atoms with Gasteiger partial charge in [0.05, 0.1) is 13.1 Å². The van der Waals surface area contributed by atoms with Crippen molar-refractivity contribution >= 4 is 12.3 Å². The molecular weight excluding hydrogens is 360 g/mol. The third kappa shape index (κ3) is 17.3. The third-order valence-corrected chi connectivity index (χ3v) is 5.52. The highest BCUT2D eigenvalue weighted by molar-refractivity contribution is 5.70. The Morgan fingerprint density at radius 2 is 1.34 bits per heavy atom. The van der Waals surface area contributed by atoms with Crippen LogP contribution in [0.1, 0.15) is 122 Å². The van der Waals surface area contributed by atoms with Gasteiger partial charge in [0.15, 0.2) is 0 Å². The molecule has 0 bridgehead atoms. The van der Waals surface area contributed by atoms with Gasteiger partial charge in [-0.2, -0.15) is 5.06 Å². The summed E-state index contributed by atoms with van der Waals surface area (Å²) in [6.45, 7) is 3.70. The minimum atomic E-state index is -0.126. The van der Waals surface area contributed by atoms with Crippen molar-refractivity contribution in [3.8, 4) is 0 Å². The molecule has 0 spiro atoms. The van der Waals surface area contributed by atoms with E-state index in [-0.39, 0.29) is 5.97 Å². The summed E-state index contributed by atoms with van der Waals surface area (Å²) in [5.41, 5.74) is 0. The Hall–Kier alpha value is -1.32. The van der Waals surface area contributed by atoms with E-state index in [1.165, 1.54) is 101 Å². The third-order valence-electron chi connectivity index (χ3n) is 5.52. The Balaban J connectivity index is 1.72. The predicted octanol–water partition coefficient (Wildman–Crippen LogP) is 7.39. The van der Waals surface area contributed by atoms with Gasteiger partial charge in [-0.3, -0.25) is 4.99 Å². The SMILES string of the molecule is CCCCCCCC/C=C\CCCCCCCCCCCC(=O)ON1C=NCC1. The molecule has 0 atom stereocenters. The van der Waals surface area contributed by atoms with Gasteiger partial charge < -0.3 is 4.84 Å². The number of allylic oxidation sites excluding steroid dienone is 2. The van der Waals surface area contributed by atoms with Crippen molar-refractivity contribution in [3.63, 3.8) is 0 Å². The van der Waals surface area contributed by atoms with Crippen LogP contribution in [0.3, 0.4) is 0 Å². The molecule has 0 radical (unpaired) electrons. The van der Waals surface area contributed by atoms with Crippen LogP contribution in [0.2, 0.25) is 0 Å². The van der Waals surface area contributed by atoms with Crippen molar-refractivity contribution in [1.82, 2.24) is 5.06 Å². The molecule has 0 aliphatic carbocycles. The van der Waals surface area contributed by atoms with Crippen LogP contribution < -0.4 is 0 Å². The van der Waals surface area contributed by atoms with E-state index in [1.54, 1.807) is 6.34 Å². The molecule has 0 fully saturated rings. The number of hydroxylamine groups is 2. The zero-order valence-corrected chi connectivity index (χ0v) is 19.1. The Labute approximate surface area is 180 Å². The number of carbonyl (C=O) groups excluding carboxylic acids is 1. The van der Waals surface area contributed by atoms with Gasteiger partial charge in [0.25, 0.3) is 0 Å². The topological polar surface area (TPSA) is 41.9 Å². The van der Waals surface area contributed by atoms with Gasteiger partial charge in [0, 0.05) is 6.42 Å². The van der Waals surface area contributed by atoms with Crippen molar-refractivity contribution in [2.75, 3.05) is 13.1 Å². The maximum absolute atomic E-state index is 11.7. The largest absolute Gasteiger partial charge is 0.340 e. The lowest BCUT2D eigenvalue weighted by molar-refractivity contribution is -0.170. The van der Waals surface area contributed by atoms with E-state index in [0.29, 0.717) is 13.0 Å². The first-order chi connectivity index (χ1) is 14.3. The van der Waals surface area contributed by atoms with Gasteiger partial charge in [-0.05, 0) is 32.1 Å². The van der Waals surface area contributed by atoms with Crippen molar-refractivity contribution in [1.29, 1.82) is 0 Å². The van der Waals surface area contributed by atoms with Crippen LogP contribution in [0.25, 0.3) is 0 Å². The second kappa shape index (κ2) is 20.0. The smallest absolute Gasteiger partial charge is 0.332 e. The maximum Gasteiger partial charge on any atom is 0.332 e. The molecule has 0 saturated carbocycles. The Bertz CT molecular complexity index is 435. The van der Waals surface area contributed by atoms with Gasteiger partial charge >= 0.3 is 5.97 Å². The molecule has 0 aromatic rings. The average Bonchev–Trinajstić information content (AvgIpc) is 3.22. The van der Waals surface area contributed by atoms with Crippen molar-refractivity contribution in [2.24, 2.45) is 4.99 Å². The summed E-state index contributed by atoms with van der Waals surface area (Å²) in [5.74, 6) is -0.126. The van der Waals surface area contributed by atoms with Gasteiger partial charge in [-0.1, -0.05) is 96.1 Å². The van der Waals surface area contributed by atoms with Crippen LogP contribution in [-0.2, 0) is 9.63 Å². The average molecular weight is 407 g/mol. The Morgan fingerprint density at radius 1 is 0.828 bits per heavy atom. The van der Waals surface area contributed by atoms with Crippen LogP contribution in [0.15, 0.2) is 17.1 Å². The summed E-state index contributed by atoms with van der Waals surface area (Å²) in [6.07, 6.45) is 29.2. The number of unbranched alkanes of at least 4 members (excludes halogenated alkanes) is 15. The van der Waals surface area contributed by atoms with Crippen LogP contribution >= 0.6 is 0 Å². The van der Waals surface area contributed by atoms with E-state index in [1.807, 2.05) is 0 Å². The molecule has 0 aromatic heterocycles. The zero-order valence-electron chi connectivity index (χ0n) is 19.1. The van der Waals surface area contributed by atoms with E-state index in [4.69, 9.17) is 4.84 Å². The molecule has 168 valence electrons. The second-order valence-electron chi connectivity index (χ2n) is 8.37. The first-order valence-electron chi connectivity index (χ1n) is 12.5. The van der Waals surface area contributed by atoms with E-state index in [0.717, 1.165) is 19.4 Å². The first kappa shape index (κ1) is 25.7. The highest BCUT2D eigenvalue weighted by Crippen LogP contribution is 2.12. The molecule has 4 heteroatoms. The minimum Gasteiger partial charge on any atom is -0.340 e. The highest BCUT2D eigenvalue weighted by Gasteiger charge is 2.11. The summed E-state index contributed by atoms with van der Waals surface area (Å²) in [4.78, 5) is 20.9. The van der Waals surface area contributed by atoms with Crippen LogP contribution in [0.5, 0.6) is 0 Å². The quantitative estimate of drug-likeness (QED) is 0.156. The summed E-state index contributed by atoms with van der Waals surface area (Å²) < 4.78 is 0. The lowest BCUT2D eigenvalue weighted by Crippen LogP contribution is -2.24. The number of aliphatic imine (C=N–C) groups is 1. The number of rotatable bonds is 20. The highest BCUT2D eigenvalue weighted by atomic mass is 16.7. The van der Waals surface area contributed by atoms with E-state index < -0.39 is 0 Å². The summed E-state index contributed by atoms with van der Waals surface area (Å²) in [6, 6.07) is 0. The molecule has 1 rings (SSSR count). The van der Waals surface area contributed by atoms with Crippen molar-refractivity contribution in [2.45, 2.75) is 122 Å². The lowest BCUT2D eigenvalue weighted by atomic mass is 10.1. The number of hydrogen-bond acceptors (Lipinski definition) is 4. The molecular formula is C25H46N2O2. The van der Waals surface area contributed by atoms with Crippen LogP contribution in [0, 0.1) is 0 Å². The second-order valence-corrected chi connectivity index (χ2v) is 8.37. The normalized spacial score (nSPS) is 13.6. The molecule has 0 unspecified atom stereocenters. The molecule has 4 nitrogen and oxygen atoms in total. The maximum atomic E-state index is 11.7. The Kier molecular flexibility index (Phi) is 17.7. The first-order valence-corrected chi connectivity index (χ1v) is 12.5. The lowest BCUT2D eigenvalue weighted by Gasteiger charge is -2.12. The van der Waals surface area contributed by atoms with E-state index in [2.05, 4.69) is 24.1 Å². The van der Waals surface area contributed by atoms with E-state index >= 15 is 0 Å². The molecule has 0 saturated heterocycles. The van der Waals surface area contributed by atoms with Gasteiger partial charge in [0.1, 0.15) is 6.34 Å². The summed E-state index contributed by atoms with van der Waals surface area (Å²) >= 11 is 0. The molecule has 0 N–H and O–H groups in total. The van der Waals surface area contributed by atoms with Gasteiger partial charge in [-0.15, -0.1) is 0 Å². The van der Waals surface area contributed by atoms with Crippen molar-refractivity contribution < 1.29 is 9.63 Å². The Morgan fingerprint density at radius 3 is 1.86 bits per heavy atom. The fraction of sp³-hybridized carbons (Fsp3) is 0.840. The minimum absolute atomic E-state index is 0.126. The molecule has 1 aliphatic heterocycles. The number of nitrogens with zero attached hydrogens (tertiary/aromatic N) is 2. The number of hydrogen-bond donors (Lipinski definition) is 0. The molecule has 0 aromatic carbocycles. The molecule has 1 heterocycles. The van der Waals surface area contributed by atoms with Crippen LogP contribution in [-0.4, -0.2) is 30.5 Å². The fourth-order valence-electron chi connectivity index (χ4n) is 3.66.